The normalized spacial score (nSPS) is 11.2. The number of sulfonamides is 1. The highest BCUT2D eigenvalue weighted by molar-refractivity contribution is 7.89. The van der Waals surface area contributed by atoms with Crippen LogP contribution < -0.4 is 14.8 Å². The van der Waals surface area contributed by atoms with E-state index < -0.39 is 21.9 Å². The van der Waals surface area contributed by atoms with Gasteiger partial charge in [0.1, 0.15) is 12.4 Å². The van der Waals surface area contributed by atoms with Gasteiger partial charge in [0, 0.05) is 16.6 Å². The number of halogens is 3. The van der Waals surface area contributed by atoms with E-state index in [2.05, 4.69) is 10.0 Å². The van der Waals surface area contributed by atoms with Crippen molar-refractivity contribution in [3.8, 4) is 5.75 Å². The average molecular weight is 616 g/mol. The zero-order chi connectivity index (χ0) is 28.6. The average Bonchev–Trinajstić information content (AvgIpc) is 2.89. The van der Waals surface area contributed by atoms with Crippen LogP contribution in [0.5, 0.6) is 5.75 Å². The number of amides is 1. The highest BCUT2D eigenvalue weighted by Crippen LogP contribution is 2.26. The van der Waals surface area contributed by atoms with Crippen LogP contribution in [0.1, 0.15) is 26.3 Å². The Morgan fingerprint density at radius 1 is 0.872 bits per heavy atom. The molecule has 9 nitrogen and oxygen atoms in total. The molecule has 0 unspecified atom stereocenters. The summed E-state index contributed by atoms with van der Waals surface area (Å²) in [5.41, 5.74) is 1.22. The predicted octanol–water partition coefficient (Wildman–Crippen LogP) is 5.37. The van der Waals surface area contributed by atoms with Crippen LogP contribution >= 0.6 is 34.8 Å². The standard InChI is InChI=1S/C26H25Cl3N2O7S/c1-16-3-6-19(15-22(16)28)39(34,35)30-9-10-37-11-12-38-18-5-8-24(21(14-18)26(33)36-2)31-25(32)20-7-4-17(27)13-23(20)29/h3-8,13-15,30H,9-12H2,1-2H3,(H,31,32). The van der Waals surface area contributed by atoms with Gasteiger partial charge < -0.3 is 19.5 Å². The van der Waals surface area contributed by atoms with Crippen LogP contribution in [-0.2, 0) is 19.5 Å². The molecule has 0 saturated heterocycles. The Morgan fingerprint density at radius 3 is 2.33 bits per heavy atom. The van der Waals surface area contributed by atoms with Crippen molar-refractivity contribution in [3.05, 3.63) is 86.4 Å². The van der Waals surface area contributed by atoms with E-state index >= 15 is 0 Å². The second-order valence-corrected chi connectivity index (χ2v) is 11.1. The van der Waals surface area contributed by atoms with Crippen molar-refractivity contribution >= 4 is 62.4 Å². The van der Waals surface area contributed by atoms with Gasteiger partial charge in [0.05, 0.1) is 47.1 Å². The molecule has 0 aliphatic heterocycles. The maximum atomic E-state index is 12.7. The lowest BCUT2D eigenvalue weighted by atomic mass is 10.1. The van der Waals surface area contributed by atoms with Crippen LogP contribution in [0.2, 0.25) is 15.1 Å². The molecule has 39 heavy (non-hydrogen) atoms. The number of anilines is 1. The summed E-state index contributed by atoms with van der Waals surface area (Å²) in [5.74, 6) is -0.889. The van der Waals surface area contributed by atoms with Crippen molar-refractivity contribution in [2.75, 3.05) is 38.8 Å². The first-order chi connectivity index (χ1) is 18.5. The van der Waals surface area contributed by atoms with Gasteiger partial charge in [-0.2, -0.15) is 0 Å². The third kappa shape index (κ3) is 8.56. The Kier molecular flexibility index (Phi) is 11.0. The molecule has 0 aliphatic rings. The molecule has 0 radical (unpaired) electrons. The van der Waals surface area contributed by atoms with E-state index in [1.54, 1.807) is 19.1 Å². The molecular formula is C26H25Cl3N2O7S. The number of methoxy groups -OCH3 is 1. The van der Waals surface area contributed by atoms with Crippen molar-refractivity contribution in [2.45, 2.75) is 11.8 Å². The summed E-state index contributed by atoms with van der Waals surface area (Å²) < 4.78 is 43.0. The minimum atomic E-state index is -3.72. The van der Waals surface area contributed by atoms with Crippen LogP contribution in [0.25, 0.3) is 0 Å². The Balaban J connectivity index is 1.51. The van der Waals surface area contributed by atoms with E-state index in [1.165, 1.54) is 49.6 Å². The fourth-order valence-corrected chi connectivity index (χ4v) is 5.04. The van der Waals surface area contributed by atoms with Crippen molar-refractivity contribution in [2.24, 2.45) is 0 Å². The van der Waals surface area contributed by atoms with Gasteiger partial charge in [0.15, 0.2) is 0 Å². The van der Waals surface area contributed by atoms with E-state index in [1.807, 2.05) is 0 Å². The number of carbonyl (C=O) groups is 2. The monoisotopic (exact) mass is 614 g/mol. The first-order valence-corrected chi connectivity index (χ1v) is 14.1. The molecule has 0 fully saturated rings. The van der Waals surface area contributed by atoms with Gasteiger partial charge in [0.2, 0.25) is 10.0 Å². The molecule has 13 heteroatoms. The molecule has 3 rings (SSSR count). The fraction of sp³-hybridized carbons (Fsp3) is 0.231. The minimum Gasteiger partial charge on any atom is -0.491 e. The molecular weight excluding hydrogens is 591 g/mol. The highest BCUT2D eigenvalue weighted by atomic mass is 35.5. The molecule has 0 atom stereocenters. The summed E-state index contributed by atoms with van der Waals surface area (Å²) in [7, 11) is -2.50. The van der Waals surface area contributed by atoms with Gasteiger partial charge in [-0.05, 0) is 61.0 Å². The summed E-state index contributed by atoms with van der Waals surface area (Å²) in [6.45, 7) is 2.20. The maximum absolute atomic E-state index is 12.7. The lowest BCUT2D eigenvalue weighted by Gasteiger charge is -2.13. The number of rotatable bonds is 12. The second kappa shape index (κ2) is 14.0. The molecule has 0 aromatic heterocycles. The number of carbonyl (C=O) groups excluding carboxylic acids is 2. The molecule has 0 saturated carbocycles. The van der Waals surface area contributed by atoms with Crippen LogP contribution in [0.15, 0.2) is 59.5 Å². The van der Waals surface area contributed by atoms with Crippen molar-refractivity contribution < 1.29 is 32.2 Å². The van der Waals surface area contributed by atoms with Gasteiger partial charge >= 0.3 is 5.97 Å². The number of aryl methyl sites for hydroxylation is 1. The lowest BCUT2D eigenvalue weighted by molar-refractivity contribution is 0.0601. The van der Waals surface area contributed by atoms with Gasteiger partial charge in [-0.3, -0.25) is 4.79 Å². The third-order valence-electron chi connectivity index (χ3n) is 5.31. The van der Waals surface area contributed by atoms with E-state index in [0.717, 1.165) is 5.56 Å². The summed E-state index contributed by atoms with van der Waals surface area (Å²) in [5, 5.41) is 3.54. The SMILES string of the molecule is COC(=O)c1cc(OCCOCCNS(=O)(=O)c2ccc(C)c(Cl)c2)ccc1NC(=O)c1ccc(Cl)cc1Cl. The molecule has 0 aliphatic carbocycles. The number of hydrogen-bond acceptors (Lipinski definition) is 7. The van der Waals surface area contributed by atoms with Crippen LogP contribution in [-0.4, -0.2) is 53.8 Å². The molecule has 3 aromatic carbocycles. The Bertz CT molecular complexity index is 1470. The highest BCUT2D eigenvalue weighted by Gasteiger charge is 2.18. The first-order valence-electron chi connectivity index (χ1n) is 11.5. The zero-order valence-electron chi connectivity index (χ0n) is 20.9. The quantitative estimate of drug-likeness (QED) is 0.208. The van der Waals surface area contributed by atoms with Crippen molar-refractivity contribution in [1.29, 1.82) is 0 Å². The molecule has 0 heterocycles. The van der Waals surface area contributed by atoms with Gasteiger partial charge in [-0.1, -0.05) is 40.9 Å². The Hall–Kier alpha value is -2.86. The van der Waals surface area contributed by atoms with Crippen molar-refractivity contribution in [1.82, 2.24) is 4.72 Å². The molecule has 2 N–H and O–H groups in total. The molecule has 0 spiro atoms. The summed E-state index contributed by atoms with van der Waals surface area (Å²) in [6, 6.07) is 13.4. The molecule has 208 valence electrons. The predicted molar refractivity (Wildman–Crippen MR) is 150 cm³/mol. The van der Waals surface area contributed by atoms with Crippen molar-refractivity contribution in [3.63, 3.8) is 0 Å². The second-order valence-electron chi connectivity index (χ2n) is 8.05. The number of hydrogen-bond donors (Lipinski definition) is 2. The van der Waals surface area contributed by atoms with E-state index in [9.17, 15) is 18.0 Å². The third-order valence-corrected chi connectivity index (χ3v) is 7.72. The van der Waals surface area contributed by atoms with E-state index in [0.29, 0.717) is 15.8 Å². The van der Waals surface area contributed by atoms with Gasteiger partial charge in [0.25, 0.3) is 5.91 Å². The number of nitrogens with one attached hydrogen (secondary N) is 2. The van der Waals surface area contributed by atoms with Gasteiger partial charge in [-0.25, -0.2) is 17.9 Å². The van der Waals surface area contributed by atoms with Gasteiger partial charge in [-0.15, -0.1) is 0 Å². The maximum Gasteiger partial charge on any atom is 0.340 e. The van der Waals surface area contributed by atoms with Crippen LogP contribution in [0, 0.1) is 6.92 Å². The molecule has 0 bridgehead atoms. The Labute approximate surface area is 241 Å². The summed E-state index contributed by atoms with van der Waals surface area (Å²) in [6.07, 6.45) is 0. The number of benzene rings is 3. The number of ether oxygens (including phenoxy) is 3. The number of esters is 1. The van der Waals surface area contributed by atoms with E-state index in [-0.39, 0.29) is 53.1 Å². The lowest BCUT2D eigenvalue weighted by Crippen LogP contribution is -2.28. The minimum absolute atomic E-state index is 0.0480. The molecule has 3 aromatic rings. The summed E-state index contributed by atoms with van der Waals surface area (Å²) in [4.78, 5) is 25.1. The van der Waals surface area contributed by atoms with Crippen LogP contribution in [0.4, 0.5) is 5.69 Å². The largest absolute Gasteiger partial charge is 0.491 e. The smallest absolute Gasteiger partial charge is 0.340 e. The van der Waals surface area contributed by atoms with Crippen LogP contribution in [0.3, 0.4) is 0 Å². The van der Waals surface area contributed by atoms with E-state index in [4.69, 9.17) is 49.0 Å². The molecule has 1 amide bonds. The Morgan fingerprint density at radius 2 is 1.64 bits per heavy atom. The topological polar surface area (TPSA) is 120 Å². The zero-order valence-corrected chi connectivity index (χ0v) is 24.0. The summed E-state index contributed by atoms with van der Waals surface area (Å²) >= 11 is 18.0. The fourth-order valence-electron chi connectivity index (χ4n) is 3.26. The first kappa shape index (κ1) is 30.7.